The topological polar surface area (TPSA) is 58.4 Å². The van der Waals surface area contributed by atoms with Gasteiger partial charge in [-0.05, 0) is 45.7 Å². The van der Waals surface area contributed by atoms with E-state index in [4.69, 9.17) is 5.73 Å². The predicted octanol–water partition coefficient (Wildman–Crippen LogP) is 1.74. The Morgan fingerprint density at radius 3 is 2.74 bits per heavy atom. The first-order valence-corrected chi connectivity index (χ1v) is 7.81. The van der Waals surface area contributed by atoms with Crippen molar-refractivity contribution in [3.8, 4) is 0 Å². The summed E-state index contributed by atoms with van der Waals surface area (Å²) >= 11 is 0. The minimum atomic E-state index is -0.0611. The number of amides is 1. The largest absolute Gasteiger partial charge is 0.355 e. The molecule has 4 nitrogen and oxygen atoms in total. The third-order valence-electron chi connectivity index (χ3n) is 4.51. The Labute approximate surface area is 118 Å². The molecule has 19 heavy (non-hydrogen) atoms. The summed E-state index contributed by atoms with van der Waals surface area (Å²) in [4.78, 5) is 14.3. The van der Waals surface area contributed by atoms with Gasteiger partial charge >= 0.3 is 0 Å². The van der Waals surface area contributed by atoms with Crippen molar-refractivity contribution in [3.05, 3.63) is 0 Å². The smallest absolute Gasteiger partial charge is 0.237 e. The summed E-state index contributed by atoms with van der Waals surface area (Å²) in [5.41, 5.74) is 5.88. The standard InChI is InChI=1S/C15H31N3O/c1-4-5-10-17-15(19)12(2)18(3)14-9-7-6-8-13(14)11-16/h12-14H,4-11,16H2,1-3H3,(H,17,19). The summed E-state index contributed by atoms with van der Waals surface area (Å²) in [6, 6.07) is 0.402. The fraction of sp³-hybridized carbons (Fsp3) is 0.933. The molecule has 1 aliphatic carbocycles. The summed E-state index contributed by atoms with van der Waals surface area (Å²) in [5, 5.41) is 3.02. The van der Waals surface area contributed by atoms with Gasteiger partial charge in [0.2, 0.25) is 5.91 Å². The van der Waals surface area contributed by atoms with E-state index < -0.39 is 0 Å². The van der Waals surface area contributed by atoms with Crippen molar-refractivity contribution in [3.63, 3.8) is 0 Å². The number of carbonyl (C=O) groups excluding carboxylic acids is 1. The van der Waals surface area contributed by atoms with Crippen LogP contribution in [0.2, 0.25) is 0 Å². The molecule has 112 valence electrons. The van der Waals surface area contributed by atoms with Gasteiger partial charge in [-0.2, -0.15) is 0 Å². The van der Waals surface area contributed by atoms with E-state index in [0.29, 0.717) is 12.0 Å². The van der Waals surface area contributed by atoms with Crippen molar-refractivity contribution in [2.75, 3.05) is 20.1 Å². The Balaban J connectivity index is 2.49. The fourth-order valence-electron chi connectivity index (χ4n) is 3.01. The van der Waals surface area contributed by atoms with E-state index in [2.05, 4.69) is 24.2 Å². The molecule has 4 heteroatoms. The first-order valence-electron chi connectivity index (χ1n) is 7.81. The Kier molecular flexibility index (Phi) is 7.39. The van der Waals surface area contributed by atoms with Gasteiger partial charge in [0.05, 0.1) is 6.04 Å². The highest BCUT2D eigenvalue weighted by molar-refractivity contribution is 5.81. The maximum absolute atomic E-state index is 12.1. The van der Waals surface area contributed by atoms with Crippen LogP contribution in [0.4, 0.5) is 0 Å². The van der Waals surface area contributed by atoms with Crippen LogP contribution in [0.5, 0.6) is 0 Å². The molecule has 1 amide bonds. The van der Waals surface area contributed by atoms with E-state index in [1.807, 2.05) is 6.92 Å². The SMILES string of the molecule is CCCCNC(=O)C(C)N(C)C1CCCCC1CN. The minimum Gasteiger partial charge on any atom is -0.355 e. The predicted molar refractivity (Wildman–Crippen MR) is 79.9 cm³/mol. The van der Waals surface area contributed by atoms with Gasteiger partial charge in [-0.25, -0.2) is 0 Å². The third-order valence-corrected chi connectivity index (χ3v) is 4.51. The van der Waals surface area contributed by atoms with Crippen LogP contribution in [0, 0.1) is 5.92 Å². The number of nitrogens with zero attached hydrogens (tertiary/aromatic N) is 1. The van der Waals surface area contributed by atoms with E-state index in [-0.39, 0.29) is 11.9 Å². The van der Waals surface area contributed by atoms with Gasteiger partial charge in [0.15, 0.2) is 0 Å². The molecule has 1 aliphatic rings. The summed E-state index contributed by atoms with van der Waals surface area (Å²) < 4.78 is 0. The van der Waals surface area contributed by atoms with E-state index in [9.17, 15) is 4.79 Å². The van der Waals surface area contributed by atoms with Crippen molar-refractivity contribution < 1.29 is 4.79 Å². The van der Waals surface area contributed by atoms with E-state index in [1.165, 1.54) is 25.7 Å². The summed E-state index contributed by atoms with van der Waals surface area (Å²) in [6.07, 6.45) is 7.08. The van der Waals surface area contributed by atoms with Crippen molar-refractivity contribution in [2.24, 2.45) is 11.7 Å². The molecule has 1 rings (SSSR count). The fourth-order valence-corrected chi connectivity index (χ4v) is 3.01. The van der Waals surface area contributed by atoms with Gasteiger partial charge in [-0.3, -0.25) is 9.69 Å². The average molecular weight is 269 g/mol. The van der Waals surface area contributed by atoms with Gasteiger partial charge in [-0.1, -0.05) is 26.2 Å². The number of rotatable bonds is 7. The van der Waals surface area contributed by atoms with Crippen LogP contribution >= 0.6 is 0 Å². The van der Waals surface area contributed by atoms with Gasteiger partial charge in [0.25, 0.3) is 0 Å². The maximum Gasteiger partial charge on any atom is 0.237 e. The molecule has 1 saturated carbocycles. The molecule has 0 bridgehead atoms. The first kappa shape index (κ1) is 16.4. The number of nitrogens with two attached hydrogens (primary N) is 1. The lowest BCUT2D eigenvalue weighted by Crippen LogP contribution is -2.52. The Morgan fingerprint density at radius 2 is 2.11 bits per heavy atom. The van der Waals surface area contributed by atoms with E-state index in [1.54, 1.807) is 0 Å². The molecule has 1 fully saturated rings. The Hall–Kier alpha value is -0.610. The molecule has 0 radical (unpaired) electrons. The van der Waals surface area contributed by atoms with Gasteiger partial charge in [0.1, 0.15) is 0 Å². The lowest BCUT2D eigenvalue weighted by atomic mass is 9.83. The molecule has 0 aromatic carbocycles. The zero-order chi connectivity index (χ0) is 14.3. The van der Waals surface area contributed by atoms with Crippen LogP contribution in [0.1, 0.15) is 52.4 Å². The molecular weight excluding hydrogens is 238 g/mol. The third kappa shape index (κ3) is 4.77. The lowest BCUT2D eigenvalue weighted by Gasteiger charge is -2.40. The first-order chi connectivity index (χ1) is 9.11. The van der Waals surface area contributed by atoms with Crippen molar-refractivity contribution >= 4 is 5.91 Å². The lowest BCUT2D eigenvalue weighted by molar-refractivity contribution is -0.126. The Morgan fingerprint density at radius 1 is 1.42 bits per heavy atom. The molecule has 0 aromatic rings. The summed E-state index contributed by atoms with van der Waals surface area (Å²) in [6.45, 7) is 5.66. The number of carbonyl (C=O) groups is 1. The normalized spacial score (nSPS) is 25.3. The number of likely N-dealkylation sites (N-methyl/N-ethyl adjacent to an activating group) is 1. The monoisotopic (exact) mass is 269 g/mol. The zero-order valence-electron chi connectivity index (χ0n) is 12.8. The van der Waals surface area contributed by atoms with E-state index >= 15 is 0 Å². The van der Waals surface area contributed by atoms with Crippen LogP contribution in [0.3, 0.4) is 0 Å². The molecule has 0 heterocycles. The molecule has 0 spiro atoms. The number of hydrogen-bond acceptors (Lipinski definition) is 3. The second-order valence-electron chi connectivity index (χ2n) is 5.83. The van der Waals surface area contributed by atoms with Crippen LogP contribution in [0.25, 0.3) is 0 Å². The number of hydrogen-bond donors (Lipinski definition) is 2. The van der Waals surface area contributed by atoms with Crippen LogP contribution < -0.4 is 11.1 Å². The van der Waals surface area contributed by atoms with Gasteiger partial charge in [0, 0.05) is 12.6 Å². The molecular formula is C15H31N3O. The van der Waals surface area contributed by atoms with Crippen molar-refractivity contribution in [1.82, 2.24) is 10.2 Å². The second-order valence-corrected chi connectivity index (χ2v) is 5.83. The maximum atomic E-state index is 12.1. The van der Waals surface area contributed by atoms with Gasteiger partial charge < -0.3 is 11.1 Å². The molecule has 0 aliphatic heterocycles. The summed E-state index contributed by atoms with van der Waals surface area (Å²) in [7, 11) is 2.07. The molecule has 3 N–H and O–H groups in total. The quantitative estimate of drug-likeness (QED) is 0.692. The van der Waals surface area contributed by atoms with Crippen molar-refractivity contribution in [2.45, 2.75) is 64.5 Å². The molecule has 0 aromatic heterocycles. The zero-order valence-corrected chi connectivity index (χ0v) is 12.8. The Bertz CT molecular complexity index is 270. The second kappa shape index (κ2) is 8.54. The highest BCUT2D eigenvalue weighted by Gasteiger charge is 2.31. The van der Waals surface area contributed by atoms with Crippen LogP contribution in [-0.4, -0.2) is 43.0 Å². The van der Waals surface area contributed by atoms with Crippen molar-refractivity contribution in [1.29, 1.82) is 0 Å². The van der Waals surface area contributed by atoms with Gasteiger partial charge in [-0.15, -0.1) is 0 Å². The number of unbranched alkanes of at least 4 members (excludes halogenated alkanes) is 1. The van der Waals surface area contributed by atoms with Crippen LogP contribution in [-0.2, 0) is 4.79 Å². The van der Waals surface area contributed by atoms with Crippen LogP contribution in [0.15, 0.2) is 0 Å². The highest BCUT2D eigenvalue weighted by atomic mass is 16.2. The van der Waals surface area contributed by atoms with E-state index in [0.717, 1.165) is 25.9 Å². The number of nitrogens with one attached hydrogen (secondary N) is 1. The molecule has 3 atom stereocenters. The summed E-state index contributed by atoms with van der Waals surface area (Å²) in [5.74, 6) is 0.696. The molecule has 0 saturated heterocycles. The highest BCUT2D eigenvalue weighted by Crippen LogP contribution is 2.28. The minimum absolute atomic E-state index is 0.0611. The average Bonchev–Trinajstić information content (AvgIpc) is 2.45. The molecule has 3 unspecified atom stereocenters.